The van der Waals surface area contributed by atoms with Crippen LogP contribution in [0, 0.1) is 5.92 Å². The predicted molar refractivity (Wildman–Crippen MR) is 89.2 cm³/mol. The molecule has 3 aliphatic heterocycles. The van der Waals surface area contributed by atoms with Crippen LogP contribution in [-0.4, -0.2) is 65.7 Å². The number of piperidine rings is 1. The topological polar surface area (TPSA) is 86.4 Å². The molecular weight excluding hydrogens is 328 g/mol. The standard InChI is InChI=1S/C16H24N4O3S/c1-24(22,23)19-8-11-6-7-12(10-19)20(9-11)16(21)15-13-4-2-3-5-14(13)17-18-15/h11-12H,2-10H2,1H3,(H,17,18)/t11-,12+/m0/s1. The van der Waals surface area contributed by atoms with Crippen LogP contribution < -0.4 is 0 Å². The average Bonchev–Trinajstić information content (AvgIpc) is 2.74. The second-order valence-electron chi connectivity index (χ2n) is 7.37. The molecule has 3 saturated heterocycles. The highest BCUT2D eigenvalue weighted by molar-refractivity contribution is 7.88. The highest BCUT2D eigenvalue weighted by atomic mass is 32.2. The number of aromatic nitrogens is 2. The Morgan fingerprint density at radius 2 is 1.96 bits per heavy atom. The van der Waals surface area contributed by atoms with Gasteiger partial charge in [-0.25, -0.2) is 8.42 Å². The zero-order chi connectivity index (χ0) is 16.9. The number of fused-ring (bicyclic) bond motifs is 5. The lowest BCUT2D eigenvalue weighted by Gasteiger charge is -2.36. The molecule has 4 aliphatic rings. The third kappa shape index (κ3) is 2.75. The van der Waals surface area contributed by atoms with E-state index in [9.17, 15) is 13.2 Å². The van der Waals surface area contributed by atoms with Crippen LogP contribution in [0.2, 0.25) is 0 Å². The number of hydrogen-bond acceptors (Lipinski definition) is 4. The summed E-state index contributed by atoms with van der Waals surface area (Å²) in [5.74, 6) is 0.191. The lowest BCUT2D eigenvalue weighted by Crippen LogP contribution is -2.48. The van der Waals surface area contributed by atoms with Crippen LogP contribution >= 0.6 is 0 Å². The Morgan fingerprint density at radius 1 is 1.17 bits per heavy atom. The van der Waals surface area contributed by atoms with E-state index in [1.165, 1.54) is 6.26 Å². The number of sulfonamides is 1. The number of carbonyl (C=O) groups is 1. The molecule has 1 N–H and O–H groups in total. The fraction of sp³-hybridized carbons (Fsp3) is 0.750. The van der Waals surface area contributed by atoms with Gasteiger partial charge in [-0.1, -0.05) is 0 Å². The Labute approximate surface area is 142 Å². The molecule has 0 aromatic carbocycles. The molecule has 0 radical (unpaired) electrons. The summed E-state index contributed by atoms with van der Waals surface area (Å²) in [4.78, 5) is 15.0. The van der Waals surface area contributed by atoms with Crippen molar-refractivity contribution in [1.29, 1.82) is 0 Å². The van der Waals surface area contributed by atoms with Gasteiger partial charge in [-0.05, 0) is 44.4 Å². The Morgan fingerprint density at radius 3 is 2.75 bits per heavy atom. The highest BCUT2D eigenvalue weighted by Crippen LogP contribution is 2.31. The van der Waals surface area contributed by atoms with Crippen LogP contribution in [0.25, 0.3) is 0 Å². The van der Waals surface area contributed by atoms with Gasteiger partial charge in [-0.15, -0.1) is 0 Å². The molecule has 0 unspecified atom stereocenters. The van der Waals surface area contributed by atoms with E-state index in [0.29, 0.717) is 25.3 Å². The van der Waals surface area contributed by atoms with Gasteiger partial charge < -0.3 is 4.90 Å². The molecule has 8 heteroatoms. The first-order valence-corrected chi connectivity index (χ1v) is 10.6. The molecule has 132 valence electrons. The van der Waals surface area contributed by atoms with Gasteiger partial charge >= 0.3 is 0 Å². The summed E-state index contributed by atoms with van der Waals surface area (Å²) in [7, 11) is -3.22. The number of rotatable bonds is 2. The molecular formula is C16H24N4O3S. The van der Waals surface area contributed by atoms with Crippen molar-refractivity contribution in [2.75, 3.05) is 25.9 Å². The number of aryl methyl sites for hydroxylation is 1. The number of carbonyl (C=O) groups excluding carboxylic acids is 1. The molecule has 2 atom stereocenters. The lowest BCUT2D eigenvalue weighted by atomic mass is 9.92. The molecule has 5 rings (SSSR count). The van der Waals surface area contributed by atoms with Gasteiger partial charge in [0.2, 0.25) is 10.0 Å². The SMILES string of the molecule is CS(=O)(=O)N1C[C@@H]2CC[C@H](C1)N(C(=O)c1n[nH]c3c1CCCC3)C2. The number of hydrogen-bond donors (Lipinski definition) is 1. The fourth-order valence-electron chi connectivity index (χ4n) is 4.35. The Hall–Kier alpha value is -1.41. The highest BCUT2D eigenvalue weighted by Gasteiger charge is 2.41. The summed E-state index contributed by atoms with van der Waals surface area (Å²) in [5, 5.41) is 7.34. The van der Waals surface area contributed by atoms with Crippen molar-refractivity contribution < 1.29 is 13.2 Å². The largest absolute Gasteiger partial charge is 0.333 e. The van der Waals surface area contributed by atoms with Crippen molar-refractivity contribution in [3.63, 3.8) is 0 Å². The van der Waals surface area contributed by atoms with E-state index in [2.05, 4.69) is 10.2 Å². The van der Waals surface area contributed by atoms with E-state index in [-0.39, 0.29) is 17.9 Å². The van der Waals surface area contributed by atoms with E-state index in [1.54, 1.807) is 4.31 Å². The van der Waals surface area contributed by atoms with E-state index in [1.807, 2.05) is 4.90 Å². The Kier molecular flexibility index (Phi) is 3.91. The van der Waals surface area contributed by atoms with Crippen LogP contribution in [0.3, 0.4) is 0 Å². The van der Waals surface area contributed by atoms with Crippen LogP contribution in [0.15, 0.2) is 0 Å². The molecule has 0 spiro atoms. The Balaban J connectivity index is 1.61. The molecule has 1 amide bonds. The van der Waals surface area contributed by atoms with Crippen molar-refractivity contribution in [3.05, 3.63) is 17.0 Å². The minimum Gasteiger partial charge on any atom is -0.333 e. The summed E-state index contributed by atoms with van der Waals surface area (Å²) < 4.78 is 25.5. The van der Waals surface area contributed by atoms with Gasteiger partial charge in [0.25, 0.3) is 5.91 Å². The van der Waals surface area contributed by atoms with E-state index < -0.39 is 10.0 Å². The van der Waals surface area contributed by atoms with Crippen molar-refractivity contribution in [2.45, 2.75) is 44.6 Å². The predicted octanol–water partition coefficient (Wildman–Crippen LogP) is 0.785. The number of amides is 1. The van der Waals surface area contributed by atoms with E-state index >= 15 is 0 Å². The summed E-state index contributed by atoms with van der Waals surface area (Å²) in [6.45, 7) is 1.57. The monoisotopic (exact) mass is 352 g/mol. The molecule has 0 saturated carbocycles. The van der Waals surface area contributed by atoms with Gasteiger partial charge in [0.05, 0.1) is 6.26 Å². The van der Waals surface area contributed by atoms with Crippen LogP contribution in [-0.2, 0) is 22.9 Å². The summed E-state index contributed by atoms with van der Waals surface area (Å²) >= 11 is 0. The van der Waals surface area contributed by atoms with E-state index in [0.717, 1.165) is 49.8 Å². The minimum absolute atomic E-state index is 0.0283. The van der Waals surface area contributed by atoms with E-state index in [4.69, 9.17) is 0 Å². The van der Waals surface area contributed by atoms with Crippen LogP contribution in [0.4, 0.5) is 0 Å². The first-order valence-electron chi connectivity index (χ1n) is 8.75. The summed E-state index contributed by atoms with van der Waals surface area (Å²) in [5.41, 5.74) is 2.73. The number of H-pyrrole nitrogens is 1. The Bertz CT molecular complexity index is 757. The molecule has 4 heterocycles. The first-order chi connectivity index (χ1) is 11.4. The van der Waals surface area contributed by atoms with Crippen LogP contribution in [0.5, 0.6) is 0 Å². The maximum atomic E-state index is 13.1. The molecule has 1 aromatic heterocycles. The molecule has 7 nitrogen and oxygen atoms in total. The van der Waals surface area contributed by atoms with Gasteiger partial charge in [-0.2, -0.15) is 9.40 Å². The average molecular weight is 352 g/mol. The van der Waals surface area contributed by atoms with Gasteiger partial charge in [0, 0.05) is 36.9 Å². The lowest BCUT2D eigenvalue weighted by molar-refractivity contribution is 0.0581. The fourth-order valence-corrected chi connectivity index (χ4v) is 5.28. The van der Waals surface area contributed by atoms with Crippen LogP contribution in [0.1, 0.15) is 47.4 Å². The minimum atomic E-state index is -3.22. The van der Waals surface area contributed by atoms with Crippen molar-refractivity contribution in [2.24, 2.45) is 5.92 Å². The second-order valence-corrected chi connectivity index (χ2v) is 9.35. The maximum Gasteiger partial charge on any atom is 0.274 e. The van der Waals surface area contributed by atoms with Crippen molar-refractivity contribution in [1.82, 2.24) is 19.4 Å². The smallest absolute Gasteiger partial charge is 0.274 e. The quantitative estimate of drug-likeness (QED) is 0.852. The summed E-state index contributed by atoms with van der Waals surface area (Å²) in [6, 6.07) is -0.0399. The number of nitrogens with one attached hydrogen (secondary N) is 1. The molecule has 3 fully saturated rings. The molecule has 2 bridgehead atoms. The first kappa shape index (κ1) is 16.1. The molecule has 24 heavy (non-hydrogen) atoms. The second kappa shape index (κ2) is 5.84. The maximum absolute atomic E-state index is 13.1. The number of aromatic amines is 1. The third-order valence-corrected chi connectivity index (χ3v) is 6.90. The van der Waals surface area contributed by atoms with Gasteiger partial charge in [0.1, 0.15) is 0 Å². The number of nitrogens with zero attached hydrogens (tertiary/aromatic N) is 3. The normalized spacial score (nSPS) is 27.8. The van der Waals surface area contributed by atoms with Crippen molar-refractivity contribution in [3.8, 4) is 0 Å². The third-order valence-electron chi connectivity index (χ3n) is 5.67. The summed E-state index contributed by atoms with van der Waals surface area (Å²) in [6.07, 6.45) is 7.22. The molecule has 1 aliphatic carbocycles. The molecule has 1 aromatic rings. The van der Waals surface area contributed by atoms with Gasteiger partial charge in [0.15, 0.2) is 5.69 Å². The van der Waals surface area contributed by atoms with Crippen molar-refractivity contribution >= 4 is 15.9 Å². The zero-order valence-electron chi connectivity index (χ0n) is 14.0. The van der Waals surface area contributed by atoms with Gasteiger partial charge in [-0.3, -0.25) is 9.89 Å². The zero-order valence-corrected chi connectivity index (χ0v) is 14.8.